The van der Waals surface area contributed by atoms with Gasteiger partial charge in [0.05, 0.1) is 0 Å². The van der Waals surface area contributed by atoms with Crippen molar-refractivity contribution in [3.05, 3.63) is 20.8 Å². The second-order valence-corrected chi connectivity index (χ2v) is 7.99. The molecule has 3 rings (SSSR count). The molecule has 2 aromatic heterocycles. The first-order valence-electron chi connectivity index (χ1n) is 10.5. The van der Waals surface area contributed by atoms with Crippen LogP contribution in [0.2, 0.25) is 0 Å². The molecule has 1 saturated heterocycles. The second-order valence-electron chi connectivity index (χ2n) is 7.99. The predicted octanol–water partition coefficient (Wildman–Crippen LogP) is 3.02. The van der Waals surface area contributed by atoms with Crippen LogP contribution in [0.1, 0.15) is 65.2 Å². The van der Waals surface area contributed by atoms with Crippen LogP contribution in [0.4, 0.5) is 5.95 Å². The van der Waals surface area contributed by atoms with E-state index in [0.717, 1.165) is 57.2 Å². The number of unbranched alkanes of at least 4 members (excludes halogenated alkanes) is 5. The topological polar surface area (TPSA) is 75.9 Å². The minimum atomic E-state index is -0.407. The SMILES string of the molecule is CCCCCCCCn1c(N2CCC(C)CC2)nc2c1c(=O)[nH]c(=O)n2C. The molecule has 7 nitrogen and oxygen atoms in total. The fraction of sp³-hybridized carbons (Fsp3) is 0.750. The maximum absolute atomic E-state index is 12.5. The molecule has 0 amide bonds. The molecule has 0 spiro atoms. The fourth-order valence-corrected chi connectivity index (χ4v) is 3.94. The summed E-state index contributed by atoms with van der Waals surface area (Å²) in [6, 6.07) is 0. The number of rotatable bonds is 8. The third kappa shape index (κ3) is 4.28. The van der Waals surface area contributed by atoms with Crippen molar-refractivity contribution >= 4 is 17.1 Å². The first-order valence-corrected chi connectivity index (χ1v) is 10.5. The molecular formula is C20H33N5O2. The summed E-state index contributed by atoms with van der Waals surface area (Å²) in [4.78, 5) is 34.0. The molecule has 1 N–H and O–H groups in total. The number of hydrogen-bond donors (Lipinski definition) is 1. The van der Waals surface area contributed by atoms with E-state index in [-0.39, 0.29) is 5.56 Å². The minimum Gasteiger partial charge on any atom is -0.342 e. The van der Waals surface area contributed by atoms with Crippen LogP contribution in [0.3, 0.4) is 0 Å². The molecular weight excluding hydrogens is 342 g/mol. The molecule has 27 heavy (non-hydrogen) atoms. The lowest BCUT2D eigenvalue weighted by molar-refractivity contribution is 0.430. The van der Waals surface area contributed by atoms with Crippen molar-refractivity contribution in [3.8, 4) is 0 Å². The maximum Gasteiger partial charge on any atom is 0.329 e. The van der Waals surface area contributed by atoms with E-state index in [0.29, 0.717) is 11.2 Å². The van der Waals surface area contributed by atoms with Gasteiger partial charge in [0.2, 0.25) is 5.95 Å². The van der Waals surface area contributed by atoms with E-state index in [1.165, 1.54) is 30.3 Å². The lowest BCUT2D eigenvalue weighted by Crippen LogP contribution is -2.35. The quantitative estimate of drug-likeness (QED) is 0.720. The van der Waals surface area contributed by atoms with Gasteiger partial charge in [0.1, 0.15) is 0 Å². The minimum absolute atomic E-state index is 0.330. The lowest BCUT2D eigenvalue weighted by atomic mass is 10.00. The van der Waals surface area contributed by atoms with Gasteiger partial charge in [-0.15, -0.1) is 0 Å². The summed E-state index contributed by atoms with van der Waals surface area (Å²) in [6.45, 7) is 7.18. The zero-order chi connectivity index (χ0) is 19.4. The number of piperidine rings is 1. The van der Waals surface area contributed by atoms with E-state index in [1.807, 2.05) is 4.57 Å². The molecule has 7 heteroatoms. The Bertz CT molecular complexity index is 871. The Balaban J connectivity index is 1.90. The Morgan fingerprint density at radius 1 is 1.07 bits per heavy atom. The van der Waals surface area contributed by atoms with Crippen molar-refractivity contribution in [2.45, 2.75) is 71.8 Å². The summed E-state index contributed by atoms with van der Waals surface area (Å²) in [7, 11) is 1.67. The zero-order valence-electron chi connectivity index (χ0n) is 17.0. The van der Waals surface area contributed by atoms with Gasteiger partial charge < -0.3 is 9.47 Å². The average molecular weight is 376 g/mol. The van der Waals surface area contributed by atoms with Crippen molar-refractivity contribution in [2.75, 3.05) is 18.0 Å². The van der Waals surface area contributed by atoms with E-state index in [1.54, 1.807) is 7.05 Å². The summed E-state index contributed by atoms with van der Waals surface area (Å²) in [5, 5.41) is 0. The van der Waals surface area contributed by atoms with Crippen molar-refractivity contribution < 1.29 is 0 Å². The van der Waals surface area contributed by atoms with Gasteiger partial charge in [-0.25, -0.2) is 4.79 Å². The molecule has 150 valence electrons. The van der Waals surface area contributed by atoms with E-state index in [2.05, 4.69) is 23.7 Å². The second kappa shape index (κ2) is 8.76. The van der Waals surface area contributed by atoms with E-state index < -0.39 is 5.69 Å². The van der Waals surface area contributed by atoms with Gasteiger partial charge in [-0.1, -0.05) is 46.0 Å². The van der Waals surface area contributed by atoms with Gasteiger partial charge >= 0.3 is 5.69 Å². The number of aromatic nitrogens is 4. The van der Waals surface area contributed by atoms with Crippen LogP contribution < -0.4 is 16.1 Å². The van der Waals surface area contributed by atoms with Crippen molar-refractivity contribution in [3.63, 3.8) is 0 Å². The molecule has 0 atom stereocenters. The highest BCUT2D eigenvalue weighted by Gasteiger charge is 2.24. The molecule has 2 aromatic rings. The standard InChI is InChI=1S/C20H33N5O2/c1-4-5-6-7-8-9-12-25-16-17(23(3)20(27)22-18(16)26)21-19(25)24-13-10-15(2)11-14-24/h15H,4-14H2,1-3H3,(H,22,26,27). The van der Waals surface area contributed by atoms with Crippen LogP contribution in [-0.4, -0.2) is 32.2 Å². The van der Waals surface area contributed by atoms with Crippen LogP contribution in [0, 0.1) is 5.92 Å². The van der Waals surface area contributed by atoms with E-state index in [4.69, 9.17) is 4.98 Å². The first-order chi connectivity index (χ1) is 13.0. The molecule has 0 radical (unpaired) electrons. The van der Waals surface area contributed by atoms with Crippen LogP contribution in [0.15, 0.2) is 9.59 Å². The third-order valence-electron chi connectivity index (χ3n) is 5.79. The number of imidazole rings is 1. The smallest absolute Gasteiger partial charge is 0.329 e. The molecule has 0 unspecified atom stereocenters. The number of nitrogens with zero attached hydrogens (tertiary/aromatic N) is 4. The van der Waals surface area contributed by atoms with Gasteiger partial charge in [0.15, 0.2) is 11.2 Å². The predicted molar refractivity (Wildman–Crippen MR) is 110 cm³/mol. The highest BCUT2D eigenvalue weighted by Crippen LogP contribution is 2.25. The fourth-order valence-electron chi connectivity index (χ4n) is 3.94. The summed E-state index contributed by atoms with van der Waals surface area (Å²) >= 11 is 0. The Morgan fingerprint density at radius 3 is 2.44 bits per heavy atom. The van der Waals surface area contributed by atoms with Crippen molar-refractivity contribution in [1.82, 2.24) is 19.1 Å². The maximum atomic E-state index is 12.5. The van der Waals surface area contributed by atoms with Crippen molar-refractivity contribution in [1.29, 1.82) is 0 Å². The third-order valence-corrected chi connectivity index (χ3v) is 5.79. The average Bonchev–Trinajstić information content (AvgIpc) is 3.03. The van der Waals surface area contributed by atoms with E-state index in [9.17, 15) is 9.59 Å². The Labute approximate surface area is 160 Å². The first kappa shape index (κ1) is 19.7. The number of hydrogen-bond acceptors (Lipinski definition) is 4. The summed E-state index contributed by atoms with van der Waals surface area (Å²) in [5.41, 5.74) is 0.279. The highest BCUT2D eigenvalue weighted by molar-refractivity contribution is 5.74. The number of nitrogens with one attached hydrogen (secondary N) is 1. The van der Waals surface area contributed by atoms with Gasteiger partial charge in [-0.2, -0.15) is 4.98 Å². The van der Waals surface area contributed by atoms with Gasteiger partial charge in [-0.05, 0) is 25.2 Å². The molecule has 1 aliphatic heterocycles. The summed E-state index contributed by atoms with van der Waals surface area (Å²) < 4.78 is 3.49. The van der Waals surface area contributed by atoms with Crippen LogP contribution in [0.25, 0.3) is 11.2 Å². The number of anilines is 1. The van der Waals surface area contributed by atoms with Gasteiger partial charge in [0.25, 0.3) is 5.56 Å². The molecule has 0 aliphatic carbocycles. The Kier molecular flexibility index (Phi) is 6.39. The van der Waals surface area contributed by atoms with Gasteiger partial charge in [0, 0.05) is 26.7 Å². The van der Waals surface area contributed by atoms with Crippen molar-refractivity contribution in [2.24, 2.45) is 13.0 Å². The zero-order valence-corrected chi connectivity index (χ0v) is 17.0. The number of aromatic amines is 1. The van der Waals surface area contributed by atoms with Crippen LogP contribution in [0.5, 0.6) is 0 Å². The van der Waals surface area contributed by atoms with E-state index >= 15 is 0 Å². The molecule has 0 bridgehead atoms. The van der Waals surface area contributed by atoms with Gasteiger partial charge in [-0.3, -0.25) is 14.3 Å². The molecule has 1 fully saturated rings. The van der Waals surface area contributed by atoms with Crippen LogP contribution in [-0.2, 0) is 13.6 Å². The molecule has 3 heterocycles. The lowest BCUT2D eigenvalue weighted by Gasteiger charge is -2.31. The Morgan fingerprint density at radius 2 is 1.74 bits per heavy atom. The monoisotopic (exact) mass is 375 g/mol. The number of aryl methyl sites for hydroxylation is 2. The Hall–Kier alpha value is -2.05. The normalized spacial score (nSPS) is 15.7. The number of H-pyrrole nitrogens is 1. The highest BCUT2D eigenvalue weighted by atomic mass is 16.2. The summed E-state index contributed by atoms with van der Waals surface area (Å²) in [5.74, 6) is 1.57. The van der Waals surface area contributed by atoms with Crippen LogP contribution >= 0.6 is 0 Å². The molecule has 0 aromatic carbocycles. The number of fused-ring (bicyclic) bond motifs is 1. The summed E-state index contributed by atoms with van der Waals surface area (Å²) in [6.07, 6.45) is 9.47. The molecule has 0 saturated carbocycles. The molecule has 1 aliphatic rings. The largest absolute Gasteiger partial charge is 0.342 e.